The molecule has 2 heterocycles. The summed E-state index contributed by atoms with van der Waals surface area (Å²) < 4.78 is 28.3. The molecule has 2 fully saturated rings. The topological polar surface area (TPSA) is 69.7 Å². The molecular formula is C21H23N3O3S2. The maximum absolute atomic E-state index is 13.3. The number of benzene rings is 1. The van der Waals surface area contributed by atoms with Gasteiger partial charge in [0, 0.05) is 31.1 Å². The lowest BCUT2D eigenvalue weighted by atomic mass is 10.0. The summed E-state index contributed by atoms with van der Waals surface area (Å²) in [5.74, 6) is 0.764. The van der Waals surface area contributed by atoms with Crippen molar-refractivity contribution in [2.45, 2.75) is 17.7 Å². The summed E-state index contributed by atoms with van der Waals surface area (Å²) in [6, 6.07) is 9.20. The molecule has 152 valence electrons. The first-order chi connectivity index (χ1) is 14.0. The van der Waals surface area contributed by atoms with Gasteiger partial charge >= 0.3 is 6.03 Å². The Morgan fingerprint density at radius 1 is 1.10 bits per heavy atom. The smallest absolute Gasteiger partial charge is 0.321 e. The van der Waals surface area contributed by atoms with Gasteiger partial charge in [-0.1, -0.05) is 24.3 Å². The summed E-state index contributed by atoms with van der Waals surface area (Å²) in [5, 5.41) is 2.91. The van der Waals surface area contributed by atoms with Crippen LogP contribution in [0.5, 0.6) is 0 Å². The van der Waals surface area contributed by atoms with E-state index in [1.54, 1.807) is 51.3 Å². The zero-order valence-corrected chi connectivity index (χ0v) is 17.6. The van der Waals surface area contributed by atoms with Crippen molar-refractivity contribution in [2.24, 2.45) is 0 Å². The van der Waals surface area contributed by atoms with Crippen LogP contribution in [0.3, 0.4) is 0 Å². The van der Waals surface area contributed by atoms with E-state index in [9.17, 15) is 13.2 Å². The van der Waals surface area contributed by atoms with Crippen LogP contribution in [0.2, 0.25) is 0 Å². The third kappa shape index (κ3) is 4.07. The molecule has 4 rings (SSSR count). The van der Waals surface area contributed by atoms with E-state index in [0.717, 1.165) is 11.4 Å². The molecule has 0 bridgehead atoms. The Bertz CT molecular complexity index is 1000. The van der Waals surface area contributed by atoms with Crippen LogP contribution in [-0.2, 0) is 10.0 Å². The van der Waals surface area contributed by atoms with Gasteiger partial charge in [-0.05, 0) is 49.3 Å². The number of rotatable bonds is 3. The summed E-state index contributed by atoms with van der Waals surface area (Å²) >= 11 is 1.69. The van der Waals surface area contributed by atoms with E-state index in [4.69, 9.17) is 0 Å². The number of nitrogens with one attached hydrogen (secondary N) is 1. The number of piperidine rings is 1. The van der Waals surface area contributed by atoms with Gasteiger partial charge in [-0.3, -0.25) is 0 Å². The molecule has 1 spiro atoms. The summed E-state index contributed by atoms with van der Waals surface area (Å²) in [5.41, 5.74) is 3.65. The molecule has 1 N–H and O–H groups in total. The number of likely N-dealkylation sites (tertiary alicyclic amines) is 1. The molecule has 0 unspecified atom stereocenters. The Kier molecular flexibility index (Phi) is 5.69. The standard InChI is InChI=1S/C21H23N3O3S2/c25-20(22-18-8-4-3-5-9-18)23-14-12-21(13-15-23)24(16-17-28-21)29(26,27)19-10-6-1-2-7-11-19/h1,3-11H,12-17H2,(H,22,25). The highest BCUT2D eigenvalue weighted by Crippen LogP contribution is 2.46. The number of anilines is 1. The summed E-state index contributed by atoms with van der Waals surface area (Å²) in [7, 11) is -3.60. The number of thioether (sulfide) groups is 1. The first-order valence-corrected chi connectivity index (χ1v) is 12.0. The highest BCUT2D eigenvalue weighted by atomic mass is 32.2. The maximum Gasteiger partial charge on any atom is 0.321 e. The van der Waals surface area contributed by atoms with Crippen molar-refractivity contribution in [1.82, 2.24) is 9.21 Å². The normalized spacial score (nSPS) is 21.2. The van der Waals surface area contributed by atoms with Crippen molar-refractivity contribution >= 4 is 33.5 Å². The maximum atomic E-state index is 13.3. The number of hydrogen-bond acceptors (Lipinski definition) is 4. The molecule has 1 aliphatic carbocycles. The fourth-order valence-electron chi connectivity index (χ4n) is 3.85. The number of carbonyl (C=O) groups excluding carboxylic acids is 1. The summed E-state index contributed by atoms with van der Waals surface area (Å²) in [6.07, 6.45) is 9.45. The monoisotopic (exact) mass is 429 g/mol. The average molecular weight is 430 g/mol. The molecule has 1 aromatic rings. The zero-order valence-electron chi connectivity index (χ0n) is 16.0. The minimum absolute atomic E-state index is 0.144. The Labute approximate surface area is 175 Å². The minimum atomic E-state index is -3.60. The van der Waals surface area contributed by atoms with Gasteiger partial charge in [0.2, 0.25) is 10.0 Å². The van der Waals surface area contributed by atoms with Crippen LogP contribution < -0.4 is 5.32 Å². The second-order valence-corrected chi connectivity index (χ2v) is 10.4. The van der Waals surface area contributed by atoms with Gasteiger partial charge in [0.05, 0.1) is 9.78 Å². The van der Waals surface area contributed by atoms with Crippen molar-refractivity contribution in [1.29, 1.82) is 0 Å². The number of nitrogens with zero attached hydrogens (tertiary/aromatic N) is 2. The van der Waals surface area contributed by atoms with Crippen LogP contribution in [0.25, 0.3) is 0 Å². The summed E-state index contributed by atoms with van der Waals surface area (Å²) in [6.45, 7) is 1.54. The fourth-order valence-corrected chi connectivity index (χ4v) is 7.48. The predicted molar refractivity (Wildman–Crippen MR) is 117 cm³/mol. The Morgan fingerprint density at radius 2 is 1.86 bits per heavy atom. The molecule has 0 aromatic heterocycles. The van der Waals surface area contributed by atoms with E-state index in [-0.39, 0.29) is 10.9 Å². The Hall–Kier alpha value is -2.25. The molecule has 29 heavy (non-hydrogen) atoms. The number of carbonyl (C=O) groups is 1. The number of hydrogen-bond donors (Lipinski definition) is 1. The lowest BCUT2D eigenvalue weighted by Gasteiger charge is -2.43. The number of allylic oxidation sites excluding steroid dienone is 4. The van der Waals surface area contributed by atoms with E-state index >= 15 is 0 Å². The van der Waals surface area contributed by atoms with Crippen LogP contribution in [-0.4, -0.2) is 53.9 Å². The molecule has 8 heteroatoms. The third-order valence-corrected chi connectivity index (χ3v) is 9.01. The van der Waals surface area contributed by atoms with Crippen LogP contribution in [0.15, 0.2) is 71.3 Å². The van der Waals surface area contributed by atoms with Gasteiger partial charge < -0.3 is 10.2 Å². The average Bonchev–Trinajstić information content (AvgIpc) is 2.95. The minimum Gasteiger partial charge on any atom is -0.324 e. The Balaban J connectivity index is 1.46. The van der Waals surface area contributed by atoms with Crippen molar-refractivity contribution in [3.05, 3.63) is 71.3 Å². The zero-order chi connectivity index (χ0) is 20.3. The molecule has 3 aliphatic rings. The number of urea groups is 1. The number of amides is 2. The molecule has 2 amide bonds. The number of sulfonamides is 1. The van der Waals surface area contributed by atoms with Crippen LogP contribution >= 0.6 is 11.8 Å². The van der Waals surface area contributed by atoms with E-state index in [1.165, 1.54) is 0 Å². The molecule has 6 nitrogen and oxygen atoms in total. The van der Waals surface area contributed by atoms with Gasteiger partial charge in [0.1, 0.15) is 0 Å². The van der Waals surface area contributed by atoms with E-state index < -0.39 is 14.9 Å². The summed E-state index contributed by atoms with van der Waals surface area (Å²) in [4.78, 5) is 14.1. The molecule has 2 saturated heterocycles. The van der Waals surface area contributed by atoms with Crippen molar-refractivity contribution < 1.29 is 13.2 Å². The fraction of sp³-hybridized carbons (Fsp3) is 0.333. The van der Waals surface area contributed by atoms with E-state index in [2.05, 4.69) is 11.0 Å². The van der Waals surface area contributed by atoms with Gasteiger partial charge in [0.25, 0.3) is 0 Å². The lowest BCUT2D eigenvalue weighted by Crippen LogP contribution is -2.54. The van der Waals surface area contributed by atoms with Crippen molar-refractivity contribution in [3.8, 4) is 0 Å². The second-order valence-electron chi connectivity index (χ2n) is 7.08. The highest BCUT2D eigenvalue weighted by molar-refractivity contribution is 8.02. The third-order valence-electron chi connectivity index (χ3n) is 5.36. The molecular weight excluding hydrogens is 406 g/mol. The number of para-hydroxylation sites is 1. The highest BCUT2D eigenvalue weighted by Gasteiger charge is 2.50. The quantitative estimate of drug-likeness (QED) is 0.746. The molecule has 0 atom stereocenters. The lowest BCUT2D eigenvalue weighted by molar-refractivity contribution is 0.161. The SMILES string of the molecule is O=C(Nc1ccccc1)N1CCC2(CC1)SCCN2S(=O)(=O)C1=CC=C=CC=C1. The Morgan fingerprint density at radius 3 is 2.62 bits per heavy atom. The first-order valence-electron chi connectivity index (χ1n) is 9.59. The second kappa shape index (κ2) is 8.24. The van der Waals surface area contributed by atoms with Gasteiger partial charge in [0.15, 0.2) is 0 Å². The van der Waals surface area contributed by atoms with Crippen molar-refractivity contribution in [2.75, 3.05) is 30.7 Å². The van der Waals surface area contributed by atoms with Gasteiger partial charge in [-0.25, -0.2) is 13.2 Å². The largest absolute Gasteiger partial charge is 0.324 e. The molecule has 0 radical (unpaired) electrons. The molecule has 1 aromatic carbocycles. The van der Waals surface area contributed by atoms with Crippen molar-refractivity contribution in [3.63, 3.8) is 0 Å². The van der Waals surface area contributed by atoms with Crippen LogP contribution in [0.1, 0.15) is 12.8 Å². The van der Waals surface area contributed by atoms with Gasteiger partial charge in [-0.15, -0.1) is 17.5 Å². The molecule has 0 saturated carbocycles. The predicted octanol–water partition coefficient (Wildman–Crippen LogP) is 3.55. The first kappa shape index (κ1) is 20.0. The van der Waals surface area contributed by atoms with Crippen LogP contribution in [0.4, 0.5) is 10.5 Å². The van der Waals surface area contributed by atoms with E-state index in [1.807, 2.05) is 30.3 Å². The van der Waals surface area contributed by atoms with Crippen LogP contribution in [0, 0.1) is 0 Å². The van der Waals surface area contributed by atoms with Gasteiger partial charge in [-0.2, -0.15) is 4.31 Å². The molecule has 2 aliphatic heterocycles. The van der Waals surface area contributed by atoms with E-state index in [0.29, 0.717) is 32.5 Å².